The van der Waals surface area contributed by atoms with Crippen LogP contribution in [0.25, 0.3) is 6.08 Å². The molecule has 2 aromatic rings. The molecule has 2 bridgehead atoms. The van der Waals surface area contributed by atoms with Crippen LogP contribution in [0.2, 0.25) is 0 Å². The summed E-state index contributed by atoms with van der Waals surface area (Å²) in [6.07, 6.45) is 5.97. The van der Waals surface area contributed by atoms with Crippen molar-refractivity contribution in [3.63, 3.8) is 0 Å². The van der Waals surface area contributed by atoms with Gasteiger partial charge in [-0.05, 0) is 43.2 Å². The third-order valence-electron chi connectivity index (χ3n) is 7.87. The summed E-state index contributed by atoms with van der Waals surface area (Å²) in [5, 5.41) is 7.46. The lowest BCUT2D eigenvalue weighted by Gasteiger charge is -2.34. The van der Waals surface area contributed by atoms with Crippen molar-refractivity contribution in [3.05, 3.63) is 58.9 Å². The number of nitrogens with one attached hydrogen (secondary N) is 1. The van der Waals surface area contributed by atoms with Crippen molar-refractivity contribution in [2.24, 2.45) is 13.0 Å². The molecule has 1 aliphatic heterocycles. The van der Waals surface area contributed by atoms with Gasteiger partial charge in [-0.2, -0.15) is 5.10 Å². The lowest BCUT2D eigenvalue weighted by Crippen LogP contribution is -2.47. The Morgan fingerprint density at radius 1 is 1.07 bits per heavy atom. The molecular weight excluding hydrogens is 520 g/mol. The first-order valence-electron chi connectivity index (χ1n) is 14.5. The number of hydrogen-bond donors (Lipinski definition) is 1. The number of aromatic nitrogens is 2. The van der Waals surface area contributed by atoms with Gasteiger partial charge in [0.05, 0.1) is 6.54 Å². The van der Waals surface area contributed by atoms with Crippen LogP contribution in [0, 0.1) is 5.92 Å². The first kappa shape index (κ1) is 30.0. The molecule has 4 amide bonds. The van der Waals surface area contributed by atoms with Gasteiger partial charge < -0.3 is 20.0 Å². The number of likely N-dealkylation sites (N-methyl/N-ethyl adjacent to an activating group) is 1. The molecule has 0 saturated carbocycles. The standard InChI is InChI=1S/C31H42N6O4/c1-22(2)20-37-21-29(40)34(3)24-13-14-26-25(19-24)30(33-35(26)4)31(41)32-16-18-36(17-8-11-27(37)38)28(39)15-12-23-9-6-5-7-10-23/h5-7,9-10,12,15,22,24H,8,11,13-14,16-21H2,1-4H3,(H,32,41)/b15-12+. The molecule has 1 aromatic heterocycles. The smallest absolute Gasteiger partial charge is 0.272 e. The first-order valence-corrected chi connectivity index (χ1v) is 14.5. The van der Waals surface area contributed by atoms with Crippen molar-refractivity contribution in [2.45, 2.75) is 52.0 Å². The summed E-state index contributed by atoms with van der Waals surface area (Å²) in [4.78, 5) is 58.1. The van der Waals surface area contributed by atoms with Crippen LogP contribution in [0.15, 0.2) is 36.4 Å². The molecule has 1 atom stereocenters. The van der Waals surface area contributed by atoms with Crippen LogP contribution in [0.1, 0.15) is 60.4 Å². The maximum Gasteiger partial charge on any atom is 0.272 e. The zero-order chi connectivity index (χ0) is 29.5. The molecule has 2 heterocycles. The molecule has 10 heteroatoms. The van der Waals surface area contributed by atoms with Gasteiger partial charge in [0.25, 0.3) is 5.91 Å². The second kappa shape index (κ2) is 13.6. The first-order chi connectivity index (χ1) is 19.6. The second-order valence-corrected chi connectivity index (χ2v) is 11.4. The number of aryl methyl sites for hydroxylation is 1. The van der Waals surface area contributed by atoms with E-state index in [0.717, 1.165) is 23.2 Å². The number of hydrogen-bond acceptors (Lipinski definition) is 5. The highest BCUT2D eigenvalue weighted by molar-refractivity contribution is 5.94. The minimum absolute atomic E-state index is 0.0136. The fraction of sp³-hybridized carbons (Fsp3) is 0.516. The summed E-state index contributed by atoms with van der Waals surface area (Å²) in [6, 6.07) is 9.48. The second-order valence-electron chi connectivity index (χ2n) is 11.4. The maximum atomic E-state index is 13.4. The van der Waals surface area contributed by atoms with Crippen molar-refractivity contribution >= 4 is 29.7 Å². The summed E-state index contributed by atoms with van der Waals surface area (Å²) < 4.78 is 1.76. The van der Waals surface area contributed by atoms with Crippen molar-refractivity contribution in [1.82, 2.24) is 29.8 Å². The number of rotatable bonds is 4. The SMILES string of the molecule is CC(C)CN1CC(=O)N(C)C2CCc3c(c(nn3C)C(=O)NCCN(C(=O)/C=C/c3ccccc3)CCCC1=O)C2. The molecule has 0 fully saturated rings. The van der Waals surface area contributed by atoms with Crippen LogP contribution in [-0.2, 0) is 34.3 Å². The molecule has 0 saturated heterocycles. The van der Waals surface area contributed by atoms with Gasteiger partial charge in [-0.3, -0.25) is 23.9 Å². The van der Waals surface area contributed by atoms with Crippen molar-refractivity contribution in [1.29, 1.82) is 0 Å². The molecule has 1 aliphatic carbocycles. The minimum Gasteiger partial charge on any atom is -0.349 e. The molecule has 0 spiro atoms. The van der Waals surface area contributed by atoms with Gasteiger partial charge >= 0.3 is 0 Å². The van der Waals surface area contributed by atoms with Gasteiger partial charge in [0.1, 0.15) is 0 Å². The predicted octanol–water partition coefficient (Wildman–Crippen LogP) is 2.29. The van der Waals surface area contributed by atoms with Crippen LogP contribution in [0.3, 0.4) is 0 Å². The Morgan fingerprint density at radius 2 is 1.83 bits per heavy atom. The molecule has 2 aliphatic rings. The van der Waals surface area contributed by atoms with E-state index in [2.05, 4.69) is 10.4 Å². The maximum absolute atomic E-state index is 13.4. The largest absolute Gasteiger partial charge is 0.349 e. The molecule has 1 aromatic carbocycles. The molecule has 0 radical (unpaired) electrons. The van der Waals surface area contributed by atoms with Gasteiger partial charge in [0.2, 0.25) is 17.7 Å². The van der Waals surface area contributed by atoms with Crippen molar-refractivity contribution in [2.75, 3.05) is 39.8 Å². The van der Waals surface area contributed by atoms with Gasteiger partial charge in [0.15, 0.2) is 5.69 Å². The average Bonchev–Trinajstić information content (AvgIpc) is 3.29. The number of carbonyl (C=O) groups is 4. The predicted molar refractivity (Wildman–Crippen MR) is 157 cm³/mol. The molecule has 4 rings (SSSR count). The Morgan fingerprint density at radius 3 is 2.56 bits per heavy atom. The highest BCUT2D eigenvalue weighted by Crippen LogP contribution is 2.27. The number of fused-ring (bicyclic) bond motifs is 1. The number of benzene rings is 1. The molecule has 220 valence electrons. The lowest BCUT2D eigenvalue weighted by molar-refractivity contribution is -0.141. The van der Waals surface area contributed by atoms with E-state index < -0.39 is 0 Å². The number of carbonyl (C=O) groups excluding carboxylic acids is 4. The fourth-order valence-corrected chi connectivity index (χ4v) is 5.59. The van der Waals surface area contributed by atoms with Gasteiger partial charge in [-0.25, -0.2) is 0 Å². The molecule has 41 heavy (non-hydrogen) atoms. The summed E-state index contributed by atoms with van der Waals surface area (Å²) in [7, 11) is 3.62. The summed E-state index contributed by atoms with van der Waals surface area (Å²) >= 11 is 0. The van der Waals surface area contributed by atoms with E-state index in [-0.39, 0.29) is 55.1 Å². The third-order valence-corrected chi connectivity index (χ3v) is 7.87. The monoisotopic (exact) mass is 562 g/mol. The Labute approximate surface area is 242 Å². The van der Waals surface area contributed by atoms with Crippen LogP contribution in [0.5, 0.6) is 0 Å². The number of amides is 4. The van der Waals surface area contributed by atoms with Crippen LogP contribution in [0.4, 0.5) is 0 Å². The van der Waals surface area contributed by atoms with Gasteiger partial charge in [0, 0.05) is 70.1 Å². The Bertz CT molecular complexity index is 1290. The van der Waals surface area contributed by atoms with Crippen molar-refractivity contribution < 1.29 is 19.2 Å². The average molecular weight is 563 g/mol. The van der Waals surface area contributed by atoms with Crippen LogP contribution in [-0.4, -0.2) is 93.9 Å². The summed E-state index contributed by atoms with van der Waals surface area (Å²) in [5.74, 6) is -0.478. The van der Waals surface area contributed by atoms with E-state index in [9.17, 15) is 19.2 Å². The highest BCUT2D eigenvalue weighted by Gasteiger charge is 2.32. The van der Waals surface area contributed by atoms with E-state index in [0.29, 0.717) is 44.6 Å². The van der Waals surface area contributed by atoms with E-state index in [1.807, 2.05) is 51.2 Å². The van der Waals surface area contributed by atoms with E-state index in [4.69, 9.17) is 0 Å². The fourth-order valence-electron chi connectivity index (χ4n) is 5.59. The molecule has 10 nitrogen and oxygen atoms in total. The number of nitrogens with zero attached hydrogens (tertiary/aromatic N) is 5. The van der Waals surface area contributed by atoms with E-state index >= 15 is 0 Å². The van der Waals surface area contributed by atoms with Gasteiger partial charge in [-0.1, -0.05) is 44.2 Å². The van der Waals surface area contributed by atoms with Gasteiger partial charge in [-0.15, -0.1) is 0 Å². The van der Waals surface area contributed by atoms with E-state index in [1.165, 1.54) is 6.08 Å². The van der Waals surface area contributed by atoms with Crippen LogP contribution < -0.4 is 5.32 Å². The molecular formula is C31H42N6O4. The normalized spacial score (nSPS) is 19.6. The third kappa shape index (κ3) is 7.62. The van der Waals surface area contributed by atoms with E-state index in [1.54, 1.807) is 32.5 Å². The Hall–Kier alpha value is -3.95. The molecule has 1 unspecified atom stereocenters. The Kier molecular flexibility index (Phi) is 9.96. The zero-order valence-corrected chi connectivity index (χ0v) is 24.6. The summed E-state index contributed by atoms with van der Waals surface area (Å²) in [5.41, 5.74) is 3.14. The highest BCUT2D eigenvalue weighted by atomic mass is 16.2. The van der Waals surface area contributed by atoms with Crippen LogP contribution >= 0.6 is 0 Å². The van der Waals surface area contributed by atoms with Crippen molar-refractivity contribution in [3.8, 4) is 0 Å². The minimum atomic E-state index is -0.286. The topological polar surface area (TPSA) is 108 Å². The Balaban J connectivity index is 1.58. The quantitative estimate of drug-likeness (QED) is 0.576. The lowest BCUT2D eigenvalue weighted by atomic mass is 9.90. The zero-order valence-electron chi connectivity index (χ0n) is 24.6. The summed E-state index contributed by atoms with van der Waals surface area (Å²) in [6.45, 7) is 5.46. The molecule has 1 N–H and O–H groups in total.